The highest BCUT2D eigenvalue weighted by Gasteiger charge is 2.20. The molecule has 4 heteroatoms. The quantitative estimate of drug-likeness (QED) is 0.568. The number of rotatable bonds is 6. The molecule has 1 unspecified atom stereocenters. The molecule has 0 aromatic heterocycles. The van der Waals surface area contributed by atoms with Crippen molar-refractivity contribution in [2.24, 2.45) is 5.92 Å². The van der Waals surface area contributed by atoms with Crippen LogP contribution in [0.2, 0.25) is 0 Å². The Kier molecular flexibility index (Phi) is 6.80. The first-order valence-corrected chi connectivity index (χ1v) is 11.7. The highest BCUT2D eigenvalue weighted by molar-refractivity contribution is 5.97. The van der Waals surface area contributed by atoms with Gasteiger partial charge in [-0.15, -0.1) is 0 Å². The summed E-state index contributed by atoms with van der Waals surface area (Å²) in [5.74, 6) is 0.652. The molecule has 1 aliphatic heterocycles. The van der Waals surface area contributed by atoms with Gasteiger partial charge in [0.15, 0.2) is 0 Å². The molecule has 0 bridgehead atoms. The minimum Gasteiger partial charge on any atom is -0.374 e. The number of carbonyl (C=O) groups is 1. The normalized spacial score (nSPS) is 17.8. The van der Waals surface area contributed by atoms with Crippen molar-refractivity contribution < 1.29 is 4.79 Å². The Balaban J connectivity index is 1.49. The summed E-state index contributed by atoms with van der Waals surface area (Å²) in [5, 5.41) is 5.61. The molecule has 3 aromatic carbocycles. The van der Waals surface area contributed by atoms with Crippen LogP contribution >= 0.6 is 0 Å². The van der Waals surface area contributed by atoms with E-state index in [-0.39, 0.29) is 11.9 Å². The molecule has 1 amide bonds. The number of nitrogens with one attached hydrogen (secondary N) is 1. The van der Waals surface area contributed by atoms with E-state index in [0.717, 1.165) is 35.5 Å². The zero-order chi connectivity index (χ0) is 22.7. The van der Waals surface area contributed by atoms with Gasteiger partial charge in [0, 0.05) is 31.4 Å². The van der Waals surface area contributed by atoms with Crippen LogP contribution in [0.1, 0.15) is 47.3 Å². The van der Waals surface area contributed by atoms with Gasteiger partial charge in [0.1, 0.15) is 0 Å². The molecule has 0 spiro atoms. The summed E-state index contributed by atoms with van der Waals surface area (Å²) in [6.07, 6.45) is 2.54. The van der Waals surface area contributed by atoms with Crippen molar-refractivity contribution in [2.75, 3.05) is 38.6 Å². The number of benzene rings is 3. The average Bonchev–Trinajstić information content (AvgIpc) is 2.78. The second-order valence-corrected chi connectivity index (χ2v) is 9.41. The van der Waals surface area contributed by atoms with E-state index in [1.807, 2.05) is 25.1 Å². The molecule has 1 heterocycles. The van der Waals surface area contributed by atoms with Crippen LogP contribution in [0.3, 0.4) is 0 Å². The minimum atomic E-state index is -0.0767. The monoisotopic (exact) mass is 429 g/mol. The zero-order valence-electron chi connectivity index (χ0n) is 19.8. The largest absolute Gasteiger partial charge is 0.374 e. The van der Waals surface area contributed by atoms with Crippen LogP contribution in [0, 0.1) is 12.8 Å². The maximum absolute atomic E-state index is 13.3. The van der Waals surface area contributed by atoms with E-state index in [1.54, 1.807) is 0 Å². The van der Waals surface area contributed by atoms with Gasteiger partial charge in [-0.1, -0.05) is 48.5 Å². The maximum Gasteiger partial charge on any atom is 0.252 e. The van der Waals surface area contributed by atoms with Crippen LogP contribution in [0.5, 0.6) is 0 Å². The number of hydrogen-bond acceptors (Lipinski definition) is 3. The van der Waals surface area contributed by atoms with Crippen molar-refractivity contribution in [2.45, 2.75) is 32.7 Å². The van der Waals surface area contributed by atoms with Crippen molar-refractivity contribution in [3.63, 3.8) is 0 Å². The Labute approximate surface area is 192 Å². The number of carbonyl (C=O) groups excluding carboxylic acids is 1. The average molecular weight is 430 g/mol. The third-order valence-electron chi connectivity index (χ3n) is 6.80. The van der Waals surface area contributed by atoms with Crippen LogP contribution in [0.4, 0.5) is 5.69 Å². The van der Waals surface area contributed by atoms with Crippen LogP contribution in [0.15, 0.2) is 60.7 Å². The summed E-state index contributed by atoms with van der Waals surface area (Å²) in [7, 11) is 4.34. The first kappa shape index (κ1) is 22.3. The number of hydrogen-bond donors (Lipinski definition) is 1. The van der Waals surface area contributed by atoms with E-state index in [9.17, 15) is 4.79 Å². The Morgan fingerprint density at radius 1 is 1.16 bits per heavy atom. The number of aryl methyl sites for hydroxylation is 1. The molecule has 1 fully saturated rings. The van der Waals surface area contributed by atoms with Crippen molar-refractivity contribution >= 4 is 22.4 Å². The zero-order valence-corrected chi connectivity index (χ0v) is 19.8. The highest BCUT2D eigenvalue weighted by atomic mass is 16.1. The predicted octanol–water partition coefficient (Wildman–Crippen LogP) is 5.42. The predicted molar refractivity (Wildman–Crippen MR) is 134 cm³/mol. The van der Waals surface area contributed by atoms with E-state index < -0.39 is 0 Å². The number of likely N-dealkylation sites (tertiary alicyclic amines) is 1. The van der Waals surface area contributed by atoms with Gasteiger partial charge < -0.3 is 15.1 Å². The van der Waals surface area contributed by atoms with Crippen molar-refractivity contribution in [1.29, 1.82) is 0 Å². The summed E-state index contributed by atoms with van der Waals surface area (Å²) in [5.41, 5.74) is 4.00. The van der Waals surface area contributed by atoms with E-state index >= 15 is 0 Å². The van der Waals surface area contributed by atoms with Gasteiger partial charge in [-0.25, -0.2) is 0 Å². The van der Waals surface area contributed by atoms with Gasteiger partial charge in [0.05, 0.1) is 6.04 Å². The van der Waals surface area contributed by atoms with Gasteiger partial charge >= 0.3 is 0 Å². The SMILES string of the molecule is Cc1ccc(N(C)CC2CCCN(C)C2)cc1C(=O)N[C@H](C)c1cccc2ccccc12. The van der Waals surface area contributed by atoms with Crippen molar-refractivity contribution in [3.05, 3.63) is 77.4 Å². The fourth-order valence-electron chi connectivity index (χ4n) is 4.99. The Morgan fingerprint density at radius 2 is 1.94 bits per heavy atom. The summed E-state index contributed by atoms with van der Waals surface area (Å²) >= 11 is 0. The van der Waals surface area contributed by atoms with Crippen LogP contribution < -0.4 is 10.2 Å². The molecule has 0 radical (unpaired) electrons. The Hall–Kier alpha value is -2.85. The first-order chi connectivity index (χ1) is 15.4. The Morgan fingerprint density at radius 3 is 2.75 bits per heavy atom. The fraction of sp³-hybridized carbons (Fsp3) is 0.393. The second-order valence-electron chi connectivity index (χ2n) is 9.41. The number of amides is 1. The Bertz CT molecular complexity index is 1090. The number of fused-ring (bicyclic) bond motifs is 1. The molecule has 168 valence electrons. The van der Waals surface area contributed by atoms with E-state index in [2.05, 4.69) is 78.6 Å². The number of anilines is 1. The lowest BCUT2D eigenvalue weighted by Crippen LogP contribution is -2.38. The fourth-order valence-corrected chi connectivity index (χ4v) is 4.99. The molecular weight excluding hydrogens is 394 g/mol. The molecule has 0 saturated carbocycles. The summed E-state index contributed by atoms with van der Waals surface area (Å²) in [4.78, 5) is 18.0. The maximum atomic E-state index is 13.3. The third kappa shape index (κ3) is 4.97. The molecule has 3 aromatic rings. The number of piperidine rings is 1. The van der Waals surface area contributed by atoms with Crippen molar-refractivity contribution in [3.8, 4) is 0 Å². The molecular formula is C28H35N3O. The molecule has 1 N–H and O–H groups in total. The molecule has 1 aliphatic rings. The third-order valence-corrected chi connectivity index (χ3v) is 6.80. The van der Waals surface area contributed by atoms with Gasteiger partial charge in [0.25, 0.3) is 5.91 Å². The smallest absolute Gasteiger partial charge is 0.252 e. The van der Waals surface area contributed by atoms with E-state index in [1.165, 1.54) is 30.2 Å². The highest BCUT2D eigenvalue weighted by Crippen LogP contribution is 2.26. The summed E-state index contributed by atoms with van der Waals surface area (Å²) in [6.45, 7) is 7.43. The molecule has 0 aliphatic carbocycles. The van der Waals surface area contributed by atoms with Gasteiger partial charge in [0.2, 0.25) is 0 Å². The summed E-state index contributed by atoms with van der Waals surface area (Å²) in [6, 6.07) is 20.8. The lowest BCUT2D eigenvalue weighted by Gasteiger charge is -2.33. The molecule has 32 heavy (non-hydrogen) atoms. The number of nitrogens with zero attached hydrogens (tertiary/aromatic N) is 2. The van der Waals surface area contributed by atoms with Gasteiger partial charge in [-0.3, -0.25) is 4.79 Å². The molecule has 4 rings (SSSR count). The second kappa shape index (κ2) is 9.74. The van der Waals surface area contributed by atoms with Gasteiger partial charge in [-0.05, 0) is 80.2 Å². The van der Waals surface area contributed by atoms with Crippen molar-refractivity contribution in [1.82, 2.24) is 10.2 Å². The minimum absolute atomic E-state index is 0.0180. The lowest BCUT2D eigenvalue weighted by molar-refractivity contribution is 0.0939. The van der Waals surface area contributed by atoms with Crippen LogP contribution in [-0.4, -0.2) is 44.5 Å². The molecule has 1 saturated heterocycles. The van der Waals surface area contributed by atoms with Crippen LogP contribution in [0.25, 0.3) is 10.8 Å². The molecule has 2 atom stereocenters. The standard InChI is InChI=1S/C28H35N3O/c1-20-14-15-24(31(4)19-22-9-8-16-30(3)18-22)17-27(20)28(32)29-21(2)25-13-7-11-23-10-5-6-12-26(23)25/h5-7,10-15,17,21-22H,8-9,16,18-19H2,1-4H3,(H,29,32)/t21-,22?/m1/s1. The van der Waals surface area contributed by atoms with Crippen LogP contribution in [-0.2, 0) is 0 Å². The first-order valence-electron chi connectivity index (χ1n) is 11.7. The van der Waals surface area contributed by atoms with E-state index in [4.69, 9.17) is 0 Å². The molecule has 4 nitrogen and oxygen atoms in total. The summed E-state index contributed by atoms with van der Waals surface area (Å²) < 4.78 is 0. The topological polar surface area (TPSA) is 35.6 Å². The lowest BCUT2D eigenvalue weighted by atomic mass is 9.97. The van der Waals surface area contributed by atoms with Gasteiger partial charge in [-0.2, -0.15) is 0 Å². The van der Waals surface area contributed by atoms with E-state index in [0.29, 0.717) is 5.92 Å².